The van der Waals surface area contributed by atoms with Gasteiger partial charge in [-0.05, 0) is 43.9 Å². The fourth-order valence-electron chi connectivity index (χ4n) is 2.83. The lowest BCUT2D eigenvalue weighted by molar-refractivity contribution is 0.256. The van der Waals surface area contributed by atoms with Crippen molar-refractivity contribution in [2.75, 3.05) is 6.54 Å². The van der Waals surface area contributed by atoms with Crippen LogP contribution in [0, 0.1) is 24.5 Å². The van der Waals surface area contributed by atoms with Crippen LogP contribution < -0.4 is 5.32 Å². The Labute approximate surface area is 101 Å². The highest BCUT2D eigenvalue weighted by molar-refractivity contribution is 5.34. The van der Waals surface area contributed by atoms with E-state index in [9.17, 15) is 8.78 Å². The van der Waals surface area contributed by atoms with E-state index in [1.54, 1.807) is 6.92 Å². The van der Waals surface area contributed by atoms with E-state index < -0.39 is 17.2 Å². The molecule has 3 heteroatoms. The quantitative estimate of drug-likeness (QED) is 0.832. The fourth-order valence-corrected chi connectivity index (χ4v) is 2.83. The lowest BCUT2D eigenvalue weighted by Gasteiger charge is -2.35. The van der Waals surface area contributed by atoms with Gasteiger partial charge in [-0.15, -0.1) is 0 Å². The van der Waals surface area contributed by atoms with Gasteiger partial charge in [0.1, 0.15) is 11.6 Å². The average Bonchev–Trinajstić information content (AvgIpc) is 2.74. The zero-order chi connectivity index (χ0) is 12.6. The Hall–Kier alpha value is -0.960. The Morgan fingerprint density at radius 2 is 2.00 bits per heavy atom. The highest BCUT2D eigenvalue weighted by Crippen LogP contribution is 2.40. The van der Waals surface area contributed by atoms with Crippen LogP contribution in [0.1, 0.15) is 37.8 Å². The highest BCUT2D eigenvalue weighted by atomic mass is 19.1. The van der Waals surface area contributed by atoms with Gasteiger partial charge in [-0.3, -0.25) is 0 Å². The van der Waals surface area contributed by atoms with Crippen molar-refractivity contribution < 1.29 is 8.78 Å². The third-order valence-corrected chi connectivity index (χ3v) is 3.90. The van der Waals surface area contributed by atoms with E-state index in [1.165, 1.54) is 12.1 Å². The van der Waals surface area contributed by atoms with E-state index in [-0.39, 0.29) is 11.5 Å². The number of rotatable bonds is 2. The van der Waals surface area contributed by atoms with Crippen molar-refractivity contribution in [3.63, 3.8) is 0 Å². The molecule has 1 aliphatic heterocycles. The number of hydrogen-bond donors (Lipinski definition) is 1. The maximum atomic E-state index is 14.2. The lowest BCUT2D eigenvalue weighted by atomic mass is 9.77. The molecule has 1 aliphatic rings. The smallest absolute Gasteiger partial charge is 0.134 e. The molecule has 1 saturated heterocycles. The molecule has 0 aromatic heterocycles. The summed E-state index contributed by atoms with van der Waals surface area (Å²) in [7, 11) is 0. The second-order valence-corrected chi connectivity index (χ2v) is 5.21. The van der Waals surface area contributed by atoms with E-state index >= 15 is 0 Å². The summed E-state index contributed by atoms with van der Waals surface area (Å²) in [5, 5.41) is 3.31. The van der Waals surface area contributed by atoms with Crippen molar-refractivity contribution in [1.82, 2.24) is 5.32 Å². The monoisotopic (exact) mass is 239 g/mol. The number of hydrogen-bond acceptors (Lipinski definition) is 1. The van der Waals surface area contributed by atoms with E-state index in [0.29, 0.717) is 5.56 Å². The Morgan fingerprint density at radius 3 is 2.53 bits per heavy atom. The van der Waals surface area contributed by atoms with Crippen molar-refractivity contribution in [2.45, 2.75) is 39.2 Å². The van der Waals surface area contributed by atoms with Crippen LogP contribution in [0.4, 0.5) is 8.78 Å². The van der Waals surface area contributed by atoms with Crippen LogP contribution in [0.25, 0.3) is 0 Å². The lowest BCUT2D eigenvalue weighted by Crippen LogP contribution is -2.43. The fraction of sp³-hybridized carbons (Fsp3) is 0.571. The first-order valence-electron chi connectivity index (χ1n) is 6.19. The minimum atomic E-state index is -0.541. The minimum absolute atomic E-state index is 0.163. The number of nitrogens with one attached hydrogen (secondary N) is 1. The van der Waals surface area contributed by atoms with Crippen molar-refractivity contribution in [3.8, 4) is 0 Å². The maximum absolute atomic E-state index is 14.2. The first kappa shape index (κ1) is 12.5. The number of halogens is 2. The van der Waals surface area contributed by atoms with Gasteiger partial charge in [-0.2, -0.15) is 0 Å². The first-order valence-corrected chi connectivity index (χ1v) is 6.19. The molecule has 1 fully saturated rings. The molecule has 0 spiro atoms. The second kappa shape index (κ2) is 4.37. The summed E-state index contributed by atoms with van der Waals surface area (Å²) in [6, 6.07) is 2.87. The second-order valence-electron chi connectivity index (χ2n) is 5.21. The molecule has 1 nitrogen and oxygen atoms in total. The van der Waals surface area contributed by atoms with Crippen molar-refractivity contribution in [3.05, 3.63) is 34.9 Å². The summed E-state index contributed by atoms with van der Waals surface area (Å²) in [5.74, 6) is -0.667. The van der Waals surface area contributed by atoms with Gasteiger partial charge in [0.15, 0.2) is 0 Å². The Bertz CT molecular complexity index is 420. The summed E-state index contributed by atoms with van der Waals surface area (Å²) in [6.45, 7) is 6.53. The summed E-state index contributed by atoms with van der Waals surface area (Å²) in [5.41, 5.74) is 0.195. The van der Waals surface area contributed by atoms with Crippen molar-refractivity contribution in [2.24, 2.45) is 5.92 Å². The summed E-state index contributed by atoms with van der Waals surface area (Å²) >= 11 is 0. The molecular formula is C14H19F2N. The SMILES string of the molecule is Cc1ccc(F)c(C2(C(C)C)CCCN2)c1F. The van der Waals surface area contributed by atoms with Gasteiger partial charge in [0.2, 0.25) is 0 Å². The normalized spacial score (nSPS) is 24.6. The zero-order valence-corrected chi connectivity index (χ0v) is 10.6. The molecule has 2 rings (SSSR count). The van der Waals surface area contributed by atoms with Crippen LogP contribution in [0.3, 0.4) is 0 Å². The predicted molar refractivity (Wildman–Crippen MR) is 64.8 cm³/mol. The molecule has 1 atom stereocenters. The van der Waals surface area contributed by atoms with E-state index in [2.05, 4.69) is 5.32 Å². The topological polar surface area (TPSA) is 12.0 Å². The van der Waals surface area contributed by atoms with Crippen LogP contribution >= 0.6 is 0 Å². The van der Waals surface area contributed by atoms with Gasteiger partial charge in [0.05, 0.1) is 5.54 Å². The van der Waals surface area contributed by atoms with Crippen molar-refractivity contribution in [1.29, 1.82) is 0 Å². The van der Waals surface area contributed by atoms with Gasteiger partial charge < -0.3 is 5.32 Å². The first-order chi connectivity index (χ1) is 7.99. The van der Waals surface area contributed by atoms with E-state index in [0.717, 1.165) is 19.4 Å². The minimum Gasteiger partial charge on any atom is -0.307 e. The molecule has 1 heterocycles. The van der Waals surface area contributed by atoms with E-state index in [1.807, 2.05) is 13.8 Å². The molecule has 0 saturated carbocycles. The van der Waals surface area contributed by atoms with Gasteiger partial charge >= 0.3 is 0 Å². The highest BCUT2D eigenvalue weighted by Gasteiger charge is 2.42. The Morgan fingerprint density at radius 1 is 1.29 bits per heavy atom. The molecule has 1 aromatic carbocycles. The summed E-state index contributed by atoms with van der Waals surface area (Å²) < 4.78 is 28.2. The van der Waals surface area contributed by atoms with Gasteiger partial charge in [-0.25, -0.2) is 8.78 Å². The molecule has 1 aromatic rings. The summed E-state index contributed by atoms with van der Waals surface area (Å²) in [4.78, 5) is 0. The zero-order valence-electron chi connectivity index (χ0n) is 10.6. The number of benzene rings is 1. The van der Waals surface area contributed by atoms with Gasteiger partial charge in [0, 0.05) is 5.56 Å². The molecule has 0 amide bonds. The van der Waals surface area contributed by atoms with Crippen LogP contribution in [0.15, 0.2) is 12.1 Å². The van der Waals surface area contributed by atoms with Crippen molar-refractivity contribution >= 4 is 0 Å². The average molecular weight is 239 g/mol. The standard InChI is InChI=1S/C14H19F2N/c1-9(2)14(7-4-8-17-14)12-11(15)6-5-10(3)13(12)16/h5-6,9,17H,4,7-8H2,1-3H3. The molecular weight excluding hydrogens is 220 g/mol. The van der Waals surface area contributed by atoms with Gasteiger partial charge in [-0.1, -0.05) is 19.9 Å². The predicted octanol–water partition coefficient (Wildman–Crippen LogP) is 3.51. The molecule has 0 aliphatic carbocycles. The molecule has 1 unspecified atom stereocenters. The van der Waals surface area contributed by atoms with Crippen LogP contribution in [-0.2, 0) is 5.54 Å². The molecule has 0 radical (unpaired) electrons. The molecule has 1 N–H and O–H groups in total. The van der Waals surface area contributed by atoms with Crippen LogP contribution in [0.5, 0.6) is 0 Å². The summed E-state index contributed by atoms with van der Waals surface area (Å²) in [6.07, 6.45) is 1.76. The van der Waals surface area contributed by atoms with Gasteiger partial charge in [0.25, 0.3) is 0 Å². The third-order valence-electron chi connectivity index (χ3n) is 3.90. The Balaban J connectivity index is 2.62. The van der Waals surface area contributed by atoms with E-state index in [4.69, 9.17) is 0 Å². The number of aryl methyl sites for hydroxylation is 1. The molecule has 0 bridgehead atoms. The van der Waals surface area contributed by atoms with Crippen LogP contribution in [0.2, 0.25) is 0 Å². The largest absolute Gasteiger partial charge is 0.307 e. The molecule has 94 valence electrons. The van der Waals surface area contributed by atoms with Crippen LogP contribution in [-0.4, -0.2) is 6.54 Å². The third kappa shape index (κ3) is 1.86. The molecule has 17 heavy (non-hydrogen) atoms. The Kier molecular flexibility index (Phi) is 3.21. The maximum Gasteiger partial charge on any atom is 0.134 e.